The Morgan fingerprint density at radius 2 is 1.57 bits per heavy atom. The first-order chi connectivity index (χ1) is 17.0. The molecule has 1 aliphatic heterocycles. The zero-order valence-electron chi connectivity index (χ0n) is 19.7. The van der Waals surface area contributed by atoms with Gasteiger partial charge >= 0.3 is 5.69 Å². The van der Waals surface area contributed by atoms with E-state index in [1.54, 1.807) is 41.3 Å². The van der Waals surface area contributed by atoms with Crippen LogP contribution in [-0.2, 0) is 11.3 Å². The summed E-state index contributed by atoms with van der Waals surface area (Å²) < 4.78 is 1.51. The number of hydrogen-bond acceptors (Lipinski definition) is 4. The van der Waals surface area contributed by atoms with E-state index >= 15 is 0 Å². The summed E-state index contributed by atoms with van der Waals surface area (Å²) in [6, 6.07) is 14.2. The van der Waals surface area contributed by atoms with Crippen LogP contribution in [0.3, 0.4) is 0 Å². The van der Waals surface area contributed by atoms with Gasteiger partial charge in [-0.3, -0.25) is 23.9 Å². The van der Waals surface area contributed by atoms with E-state index in [9.17, 15) is 19.2 Å². The molecule has 0 radical (unpaired) electrons. The van der Waals surface area contributed by atoms with Gasteiger partial charge in [-0.05, 0) is 42.7 Å². The van der Waals surface area contributed by atoms with Crippen LogP contribution in [0, 0.1) is 5.92 Å². The number of nitrogens with zero attached hydrogens (tertiary/aromatic N) is 3. The van der Waals surface area contributed by atoms with Gasteiger partial charge in [0.05, 0.1) is 17.4 Å². The van der Waals surface area contributed by atoms with Gasteiger partial charge in [-0.1, -0.05) is 43.5 Å². The molecule has 2 aliphatic rings. The second-order valence-corrected chi connectivity index (χ2v) is 9.52. The summed E-state index contributed by atoms with van der Waals surface area (Å²) in [5, 5.41) is 0.444. The molecule has 2 fully saturated rings. The van der Waals surface area contributed by atoms with Gasteiger partial charge in [-0.15, -0.1) is 0 Å². The highest BCUT2D eigenvalue weighted by molar-refractivity contribution is 5.94. The van der Waals surface area contributed by atoms with Crippen molar-refractivity contribution in [2.45, 2.75) is 38.6 Å². The van der Waals surface area contributed by atoms with Crippen molar-refractivity contribution < 1.29 is 9.59 Å². The second-order valence-electron chi connectivity index (χ2n) is 9.52. The molecular formula is C27H30N4O4. The normalized spacial score (nSPS) is 17.0. The van der Waals surface area contributed by atoms with Crippen molar-refractivity contribution in [2.24, 2.45) is 5.92 Å². The van der Waals surface area contributed by atoms with Gasteiger partial charge in [-0.25, -0.2) is 4.79 Å². The van der Waals surface area contributed by atoms with E-state index in [4.69, 9.17) is 0 Å². The number of aromatic amines is 1. The van der Waals surface area contributed by atoms with Gasteiger partial charge in [0.1, 0.15) is 0 Å². The number of amides is 2. The smallest absolute Gasteiger partial charge is 0.329 e. The maximum atomic E-state index is 13.2. The van der Waals surface area contributed by atoms with Gasteiger partial charge in [0.2, 0.25) is 5.91 Å². The minimum atomic E-state index is -0.482. The lowest BCUT2D eigenvalue weighted by Gasteiger charge is -2.37. The molecule has 1 N–H and O–H groups in total. The quantitative estimate of drug-likeness (QED) is 0.629. The van der Waals surface area contributed by atoms with Gasteiger partial charge in [-0.2, -0.15) is 0 Å². The summed E-state index contributed by atoms with van der Waals surface area (Å²) in [6.07, 6.45) is 5.45. The topological polar surface area (TPSA) is 95.5 Å². The Kier molecular flexibility index (Phi) is 6.53. The van der Waals surface area contributed by atoms with Crippen LogP contribution in [0.5, 0.6) is 0 Å². The van der Waals surface area contributed by atoms with Crippen LogP contribution in [0.25, 0.3) is 10.9 Å². The number of rotatable bonds is 4. The fourth-order valence-electron chi connectivity index (χ4n) is 5.30. The van der Waals surface area contributed by atoms with E-state index in [-0.39, 0.29) is 24.3 Å². The molecule has 1 saturated heterocycles. The lowest BCUT2D eigenvalue weighted by atomic mass is 9.88. The highest BCUT2D eigenvalue weighted by atomic mass is 16.2. The fraction of sp³-hybridized carbons (Fsp3) is 0.407. The summed E-state index contributed by atoms with van der Waals surface area (Å²) in [6.45, 7) is 2.41. The molecule has 0 unspecified atom stereocenters. The summed E-state index contributed by atoms with van der Waals surface area (Å²) in [5.74, 6) is 0.322. The number of aromatic nitrogens is 2. The molecule has 2 aromatic carbocycles. The lowest BCUT2D eigenvalue weighted by molar-refractivity contribution is -0.138. The number of benzene rings is 2. The van der Waals surface area contributed by atoms with E-state index < -0.39 is 11.2 Å². The summed E-state index contributed by atoms with van der Waals surface area (Å²) in [5.41, 5.74) is 1.01. The Morgan fingerprint density at radius 3 is 2.34 bits per heavy atom. The minimum absolute atomic E-state index is 0.0738. The third-order valence-electron chi connectivity index (χ3n) is 7.25. The van der Waals surface area contributed by atoms with E-state index in [2.05, 4.69) is 4.98 Å². The van der Waals surface area contributed by atoms with Gasteiger partial charge in [0, 0.05) is 37.7 Å². The zero-order valence-corrected chi connectivity index (χ0v) is 19.7. The van der Waals surface area contributed by atoms with Crippen molar-refractivity contribution in [1.82, 2.24) is 19.4 Å². The number of H-pyrrole nitrogens is 1. The summed E-state index contributed by atoms with van der Waals surface area (Å²) in [7, 11) is 0. The van der Waals surface area contributed by atoms with Crippen LogP contribution >= 0.6 is 0 Å². The SMILES string of the molecule is O=C(c1cccc(Cn2c(=O)[nH]c(=O)c3ccccc32)c1)N1CCN(C(=O)C2CCCCC2)CC1. The van der Waals surface area contributed by atoms with Crippen molar-refractivity contribution in [1.29, 1.82) is 0 Å². The molecule has 1 aromatic heterocycles. The van der Waals surface area contributed by atoms with Crippen molar-refractivity contribution in [2.75, 3.05) is 26.2 Å². The Bertz CT molecular complexity index is 1360. The molecular weight excluding hydrogens is 444 g/mol. The van der Waals surface area contributed by atoms with Crippen molar-refractivity contribution in [3.63, 3.8) is 0 Å². The van der Waals surface area contributed by atoms with E-state index in [1.807, 2.05) is 17.0 Å². The first-order valence-electron chi connectivity index (χ1n) is 12.4. The molecule has 35 heavy (non-hydrogen) atoms. The Labute approximate surface area is 203 Å². The van der Waals surface area contributed by atoms with E-state index in [0.29, 0.717) is 42.6 Å². The van der Waals surface area contributed by atoms with E-state index in [1.165, 1.54) is 11.0 Å². The fourth-order valence-corrected chi connectivity index (χ4v) is 5.30. The molecule has 3 aromatic rings. The Balaban J connectivity index is 1.28. The average Bonchev–Trinajstić information content (AvgIpc) is 2.91. The number of hydrogen-bond donors (Lipinski definition) is 1. The Morgan fingerprint density at radius 1 is 0.857 bits per heavy atom. The molecule has 8 heteroatoms. The third kappa shape index (κ3) is 4.78. The third-order valence-corrected chi connectivity index (χ3v) is 7.25. The minimum Gasteiger partial charge on any atom is -0.339 e. The molecule has 5 rings (SSSR count). The number of carbonyl (C=O) groups excluding carboxylic acids is 2. The van der Waals surface area contributed by atoms with Crippen molar-refractivity contribution >= 4 is 22.7 Å². The zero-order chi connectivity index (χ0) is 24.4. The van der Waals surface area contributed by atoms with Crippen LogP contribution in [0.4, 0.5) is 0 Å². The molecule has 182 valence electrons. The molecule has 2 heterocycles. The van der Waals surface area contributed by atoms with Crippen LogP contribution in [-0.4, -0.2) is 57.3 Å². The largest absolute Gasteiger partial charge is 0.339 e. The molecule has 8 nitrogen and oxygen atoms in total. The van der Waals surface area contributed by atoms with Gasteiger partial charge in [0.25, 0.3) is 11.5 Å². The summed E-state index contributed by atoms with van der Waals surface area (Å²) >= 11 is 0. The second kappa shape index (κ2) is 9.90. The highest BCUT2D eigenvalue weighted by Gasteiger charge is 2.30. The maximum Gasteiger partial charge on any atom is 0.329 e. The first kappa shape index (κ1) is 23.1. The van der Waals surface area contributed by atoms with Crippen molar-refractivity contribution in [3.8, 4) is 0 Å². The predicted molar refractivity (Wildman–Crippen MR) is 133 cm³/mol. The molecule has 2 amide bonds. The number of para-hydroxylation sites is 1. The van der Waals surface area contributed by atoms with Gasteiger partial charge < -0.3 is 9.80 Å². The first-order valence-corrected chi connectivity index (χ1v) is 12.4. The molecule has 1 saturated carbocycles. The van der Waals surface area contributed by atoms with E-state index in [0.717, 1.165) is 31.2 Å². The number of fused-ring (bicyclic) bond motifs is 1. The molecule has 1 aliphatic carbocycles. The van der Waals surface area contributed by atoms with Crippen LogP contribution in [0.15, 0.2) is 58.1 Å². The standard InChI is InChI=1S/C27H30N4O4/c32-24-22-11-4-5-12-23(22)31(27(35)28-24)18-19-7-6-10-21(17-19)26(34)30-15-13-29(14-16-30)25(33)20-8-2-1-3-9-20/h4-7,10-12,17,20H,1-3,8-9,13-16,18H2,(H,28,32,35). The predicted octanol–water partition coefficient (Wildman–Crippen LogP) is 2.60. The highest BCUT2D eigenvalue weighted by Crippen LogP contribution is 2.26. The molecule has 0 atom stereocenters. The number of carbonyl (C=O) groups is 2. The molecule has 0 spiro atoms. The van der Waals surface area contributed by atoms with Crippen molar-refractivity contribution in [3.05, 3.63) is 80.5 Å². The number of nitrogens with one attached hydrogen (secondary N) is 1. The number of piperazine rings is 1. The van der Waals surface area contributed by atoms with Crippen LogP contribution in [0.2, 0.25) is 0 Å². The summed E-state index contributed by atoms with van der Waals surface area (Å²) in [4.78, 5) is 56.8. The monoisotopic (exact) mass is 474 g/mol. The Hall–Kier alpha value is -3.68. The van der Waals surface area contributed by atoms with Crippen LogP contribution < -0.4 is 11.2 Å². The van der Waals surface area contributed by atoms with Gasteiger partial charge in [0.15, 0.2) is 0 Å². The average molecular weight is 475 g/mol. The maximum absolute atomic E-state index is 13.2. The molecule has 0 bridgehead atoms. The van der Waals surface area contributed by atoms with Crippen LogP contribution in [0.1, 0.15) is 48.0 Å². The lowest BCUT2D eigenvalue weighted by Crippen LogP contribution is -2.52.